The van der Waals surface area contributed by atoms with Crippen LogP contribution in [0.25, 0.3) is 22.4 Å². The van der Waals surface area contributed by atoms with Gasteiger partial charge >= 0.3 is 0 Å². The third-order valence-corrected chi connectivity index (χ3v) is 4.02. The number of hydrogen-bond donors (Lipinski definition) is 2. The van der Waals surface area contributed by atoms with Crippen LogP contribution in [-0.2, 0) is 19.6 Å². The second-order valence-electron chi connectivity index (χ2n) is 5.56. The fraction of sp³-hybridized carbons (Fsp3) is 0.235. The van der Waals surface area contributed by atoms with Crippen LogP contribution in [0.15, 0.2) is 47.3 Å². The van der Waals surface area contributed by atoms with Crippen LogP contribution in [-0.4, -0.2) is 25.0 Å². The van der Waals surface area contributed by atoms with Crippen LogP contribution >= 0.6 is 0 Å². The van der Waals surface area contributed by atoms with Crippen molar-refractivity contribution in [3.8, 4) is 11.5 Å². The minimum atomic E-state index is 0.651. The van der Waals surface area contributed by atoms with Gasteiger partial charge in [0.05, 0.1) is 12.7 Å². The second kappa shape index (κ2) is 6.29. The van der Waals surface area contributed by atoms with Crippen LogP contribution in [0.5, 0.6) is 0 Å². The molecule has 0 radical (unpaired) electrons. The molecule has 0 fully saturated rings. The summed E-state index contributed by atoms with van der Waals surface area (Å²) in [5.41, 5.74) is 2.82. The summed E-state index contributed by atoms with van der Waals surface area (Å²) in [6.45, 7) is 4.25. The maximum atomic E-state index is 5.92. The van der Waals surface area contributed by atoms with Crippen molar-refractivity contribution < 1.29 is 4.42 Å². The average molecular weight is 322 g/mol. The molecule has 3 heterocycles. The first kappa shape index (κ1) is 14.6. The van der Waals surface area contributed by atoms with E-state index in [1.165, 1.54) is 0 Å². The van der Waals surface area contributed by atoms with Gasteiger partial charge in [0, 0.05) is 24.0 Å². The maximum Gasteiger partial charge on any atom is 0.153 e. The molecule has 0 aliphatic heterocycles. The highest BCUT2D eigenvalue weighted by molar-refractivity contribution is 5.82. The molecule has 3 aromatic heterocycles. The number of nitrogens with one attached hydrogen (secondary N) is 2. The summed E-state index contributed by atoms with van der Waals surface area (Å²) in [6, 6.07) is 9.99. The molecule has 24 heavy (non-hydrogen) atoms. The number of furan rings is 1. The Morgan fingerprint density at radius 1 is 1.25 bits per heavy atom. The highest BCUT2D eigenvalue weighted by Gasteiger charge is 2.13. The zero-order valence-electron chi connectivity index (χ0n) is 13.4. The van der Waals surface area contributed by atoms with E-state index in [0.717, 1.165) is 40.4 Å². The van der Waals surface area contributed by atoms with E-state index in [0.29, 0.717) is 13.1 Å². The summed E-state index contributed by atoms with van der Waals surface area (Å²) in [5, 5.41) is 19.7. The van der Waals surface area contributed by atoms with Gasteiger partial charge in [0.15, 0.2) is 5.76 Å². The zero-order valence-corrected chi connectivity index (χ0v) is 13.4. The van der Waals surface area contributed by atoms with Crippen molar-refractivity contribution >= 4 is 11.0 Å². The summed E-state index contributed by atoms with van der Waals surface area (Å²) in [6.07, 6.45) is 3.56. The molecule has 0 saturated carbocycles. The number of benzene rings is 1. The van der Waals surface area contributed by atoms with Crippen LogP contribution in [0.3, 0.4) is 0 Å². The van der Waals surface area contributed by atoms with Crippen LogP contribution in [0.1, 0.15) is 18.3 Å². The van der Waals surface area contributed by atoms with Gasteiger partial charge in [-0.1, -0.05) is 18.2 Å². The Morgan fingerprint density at radius 2 is 2.17 bits per heavy atom. The van der Waals surface area contributed by atoms with E-state index in [2.05, 4.69) is 32.6 Å². The molecule has 4 aromatic rings. The fourth-order valence-corrected chi connectivity index (χ4v) is 2.75. The minimum Gasteiger partial charge on any atom is -0.454 e. The number of nitrogens with zero attached hydrogens (tertiary/aromatic N) is 4. The molecule has 7 heteroatoms. The molecular weight excluding hydrogens is 304 g/mol. The lowest BCUT2D eigenvalue weighted by Gasteiger charge is -2.05. The smallest absolute Gasteiger partial charge is 0.153 e. The molecule has 122 valence electrons. The van der Waals surface area contributed by atoms with Crippen molar-refractivity contribution in [2.45, 2.75) is 26.6 Å². The van der Waals surface area contributed by atoms with Gasteiger partial charge in [-0.15, -0.1) is 10.2 Å². The molecule has 0 spiro atoms. The van der Waals surface area contributed by atoms with E-state index in [1.807, 2.05) is 41.1 Å². The monoisotopic (exact) mass is 322 g/mol. The number of hydrogen-bond acceptors (Lipinski definition) is 5. The molecule has 4 rings (SSSR count). The Kier molecular flexibility index (Phi) is 3.84. The zero-order chi connectivity index (χ0) is 16.4. The van der Waals surface area contributed by atoms with Gasteiger partial charge < -0.3 is 14.3 Å². The topological polar surface area (TPSA) is 84.6 Å². The predicted octanol–water partition coefficient (Wildman–Crippen LogP) is 2.72. The molecule has 0 aliphatic rings. The standard InChI is InChI=1S/C17H18N6O/c1-2-23-11-20-21-16(23)10-18-8-13-9-19-22-17(13)15-7-12-5-3-4-6-14(12)24-15/h3-7,9,11,18H,2,8,10H2,1H3,(H,19,22). The van der Waals surface area contributed by atoms with Crippen LogP contribution in [0, 0.1) is 0 Å². The third-order valence-electron chi connectivity index (χ3n) is 4.02. The van der Waals surface area contributed by atoms with Gasteiger partial charge in [-0.2, -0.15) is 5.10 Å². The van der Waals surface area contributed by atoms with E-state index < -0.39 is 0 Å². The lowest BCUT2D eigenvalue weighted by molar-refractivity contribution is 0.608. The molecule has 0 unspecified atom stereocenters. The van der Waals surface area contributed by atoms with Crippen LogP contribution in [0.4, 0.5) is 0 Å². The van der Waals surface area contributed by atoms with E-state index in [-0.39, 0.29) is 0 Å². The van der Waals surface area contributed by atoms with E-state index >= 15 is 0 Å². The number of aryl methyl sites for hydroxylation is 1. The quantitative estimate of drug-likeness (QED) is 0.570. The minimum absolute atomic E-state index is 0.651. The molecule has 0 bridgehead atoms. The lowest BCUT2D eigenvalue weighted by Crippen LogP contribution is -2.16. The summed E-state index contributed by atoms with van der Waals surface area (Å²) < 4.78 is 7.93. The van der Waals surface area contributed by atoms with Crippen LogP contribution in [0.2, 0.25) is 0 Å². The van der Waals surface area contributed by atoms with Gasteiger partial charge in [0.2, 0.25) is 0 Å². The number of aromatic amines is 1. The van der Waals surface area contributed by atoms with Crippen molar-refractivity contribution in [1.82, 2.24) is 30.3 Å². The first-order chi connectivity index (χ1) is 11.8. The molecule has 2 N–H and O–H groups in total. The number of H-pyrrole nitrogens is 1. The van der Waals surface area contributed by atoms with Gasteiger partial charge in [-0.05, 0) is 19.1 Å². The summed E-state index contributed by atoms with van der Waals surface area (Å²) in [7, 11) is 0. The predicted molar refractivity (Wildman–Crippen MR) is 90.0 cm³/mol. The van der Waals surface area contributed by atoms with Crippen molar-refractivity contribution in [2.24, 2.45) is 0 Å². The van der Waals surface area contributed by atoms with Gasteiger partial charge in [-0.3, -0.25) is 5.10 Å². The Bertz CT molecular complexity index is 918. The highest BCUT2D eigenvalue weighted by atomic mass is 16.3. The Balaban J connectivity index is 1.50. The Hall–Kier alpha value is -2.93. The molecular formula is C17H18N6O. The second-order valence-corrected chi connectivity index (χ2v) is 5.56. The van der Waals surface area contributed by atoms with E-state index in [4.69, 9.17) is 4.42 Å². The van der Waals surface area contributed by atoms with Crippen molar-refractivity contribution in [1.29, 1.82) is 0 Å². The normalized spacial score (nSPS) is 11.4. The third kappa shape index (κ3) is 2.69. The molecule has 0 saturated heterocycles. The van der Waals surface area contributed by atoms with E-state index in [9.17, 15) is 0 Å². The lowest BCUT2D eigenvalue weighted by atomic mass is 10.2. The summed E-state index contributed by atoms with van der Waals surface area (Å²) in [5.74, 6) is 1.72. The number of para-hydroxylation sites is 1. The van der Waals surface area contributed by atoms with Gasteiger partial charge in [0.25, 0.3) is 0 Å². The molecule has 0 aliphatic carbocycles. The molecule has 0 amide bonds. The number of rotatable bonds is 6. The Morgan fingerprint density at radius 3 is 3.04 bits per heavy atom. The first-order valence-electron chi connectivity index (χ1n) is 7.93. The summed E-state index contributed by atoms with van der Waals surface area (Å²) >= 11 is 0. The Labute approximate surface area is 138 Å². The number of fused-ring (bicyclic) bond motifs is 1. The molecule has 1 aromatic carbocycles. The molecule has 7 nitrogen and oxygen atoms in total. The van der Waals surface area contributed by atoms with Crippen LogP contribution < -0.4 is 5.32 Å². The van der Waals surface area contributed by atoms with Crippen molar-refractivity contribution in [3.05, 3.63) is 54.2 Å². The van der Waals surface area contributed by atoms with Gasteiger partial charge in [-0.25, -0.2) is 0 Å². The SMILES string of the molecule is CCn1cnnc1CNCc1cn[nH]c1-c1cc2ccccc2o1. The van der Waals surface area contributed by atoms with Gasteiger partial charge in [0.1, 0.15) is 23.4 Å². The fourth-order valence-electron chi connectivity index (χ4n) is 2.75. The number of aromatic nitrogens is 5. The highest BCUT2D eigenvalue weighted by Crippen LogP contribution is 2.28. The summed E-state index contributed by atoms with van der Waals surface area (Å²) in [4.78, 5) is 0. The van der Waals surface area contributed by atoms with Crippen molar-refractivity contribution in [3.63, 3.8) is 0 Å². The molecule has 0 atom stereocenters. The van der Waals surface area contributed by atoms with E-state index in [1.54, 1.807) is 6.33 Å². The first-order valence-corrected chi connectivity index (χ1v) is 7.93. The largest absolute Gasteiger partial charge is 0.454 e. The average Bonchev–Trinajstić information content (AvgIpc) is 3.33. The maximum absolute atomic E-state index is 5.92. The van der Waals surface area contributed by atoms with Crippen molar-refractivity contribution in [2.75, 3.05) is 0 Å².